The van der Waals surface area contributed by atoms with Gasteiger partial charge >= 0.3 is 6.09 Å². The van der Waals surface area contributed by atoms with Gasteiger partial charge in [-0.15, -0.1) is 0 Å². The van der Waals surface area contributed by atoms with Crippen molar-refractivity contribution in [2.45, 2.75) is 58.0 Å². The molecule has 2 aliphatic heterocycles. The van der Waals surface area contributed by atoms with Crippen molar-refractivity contribution < 1.29 is 14.3 Å². The monoisotopic (exact) mass is 605 g/mol. The summed E-state index contributed by atoms with van der Waals surface area (Å²) in [5.41, 5.74) is 2.27. The third-order valence-corrected chi connectivity index (χ3v) is 8.01. The highest BCUT2D eigenvalue weighted by Crippen LogP contribution is 2.39. The number of amides is 1. The van der Waals surface area contributed by atoms with Crippen molar-refractivity contribution in [1.82, 2.24) is 19.8 Å². The number of piperazine rings is 1. The summed E-state index contributed by atoms with van der Waals surface area (Å²) in [7, 11) is 4.05. The molecule has 11 heteroatoms. The minimum Gasteiger partial charge on any atom is -0.444 e. The summed E-state index contributed by atoms with van der Waals surface area (Å²) in [6.07, 6.45) is 0.140. The number of fused-ring (bicyclic) bond motifs is 2. The zero-order chi connectivity index (χ0) is 30.7. The molecule has 2 aromatic carbocycles. The molecule has 10 nitrogen and oxygen atoms in total. The lowest BCUT2D eigenvalue weighted by Crippen LogP contribution is -2.56. The van der Waals surface area contributed by atoms with Crippen LogP contribution in [-0.2, 0) is 22.5 Å². The fourth-order valence-corrected chi connectivity index (χ4v) is 5.95. The van der Waals surface area contributed by atoms with E-state index in [0.717, 1.165) is 40.0 Å². The molecule has 1 amide bonds. The van der Waals surface area contributed by atoms with Crippen molar-refractivity contribution >= 4 is 40.2 Å². The number of rotatable bonds is 7. The van der Waals surface area contributed by atoms with Gasteiger partial charge in [0.05, 0.1) is 36.9 Å². The molecule has 0 radical (unpaired) electrons. The molecule has 2 aliphatic rings. The lowest BCUT2D eigenvalue weighted by Gasteiger charge is -2.42. The largest absolute Gasteiger partial charge is 0.444 e. The van der Waals surface area contributed by atoms with Crippen LogP contribution < -0.4 is 10.2 Å². The molecule has 1 N–H and O–H groups in total. The molecule has 3 heterocycles. The van der Waals surface area contributed by atoms with Gasteiger partial charge in [0.25, 0.3) is 0 Å². The molecule has 43 heavy (non-hydrogen) atoms. The van der Waals surface area contributed by atoms with E-state index in [9.17, 15) is 10.1 Å². The van der Waals surface area contributed by atoms with E-state index >= 15 is 0 Å². The van der Waals surface area contributed by atoms with Crippen molar-refractivity contribution in [3.63, 3.8) is 0 Å². The van der Waals surface area contributed by atoms with E-state index in [4.69, 9.17) is 31.0 Å². The molecule has 0 bridgehead atoms. The molecule has 228 valence electrons. The maximum Gasteiger partial charge on any atom is 0.410 e. The SMILES string of the molecule is CN(C)CCNc1nc2c(c(N3CCN(C(=O)OC(C)(C)C)[C@@H](CC#N)C3)n1)CO[C@H](c1cccc3cccc(Cl)c13)C2. The molecular formula is C32H40ClN7O3. The maximum absolute atomic E-state index is 13.0. The molecule has 3 aromatic rings. The van der Waals surface area contributed by atoms with Gasteiger partial charge in [-0.05, 0) is 51.9 Å². The zero-order valence-electron chi connectivity index (χ0n) is 25.6. The standard InChI is InChI=1S/C32H40ClN7O3/c1-32(2,3)43-31(41)40-17-16-39(19-22(40)12-13-34)29-24-20-42-27(18-26(24)36-30(37-29)35-14-15-38(4)5)23-10-6-8-21-9-7-11-25(33)28(21)23/h6-11,22,27H,12,14-20H2,1-5H3,(H,35,36,37)/t22-,27-/m0/s1. The number of carbonyl (C=O) groups is 1. The lowest BCUT2D eigenvalue weighted by atomic mass is 9.94. The summed E-state index contributed by atoms with van der Waals surface area (Å²) in [4.78, 5) is 28.8. The van der Waals surface area contributed by atoms with Gasteiger partial charge in [0.15, 0.2) is 0 Å². The van der Waals surface area contributed by atoms with Crippen LogP contribution in [0, 0.1) is 11.3 Å². The van der Waals surface area contributed by atoms with Gasteiger partial charge < -0.3 is 29.5 Å². The number of aromatic nitrogens is 2. The number of likely N-dealkylation sites (N-methyl/N-ethyl adjacent to an activating group) is 1. The predicted octanol–water partition coefficient (Wildman–Crippen LogP) is 5.41. The number of anilines is 2. The third-order valence-electron chi connectivity index (χ3n) is 7.69. The Kier molecular flexibility index (Phi) is 9.25. The predicted molar refractivity (Wildman–Crippen MR) is 168 cm³/mol. The van der Waals surface area contributed by atoms with Crippen LogP contribution in [0.1, 0.15) is 50.1 Å². The number of nitriles is 1. The van der Waals surface area contributed by atoms with E-state index in [-0.39, 0.29) is 18.6 Å². The van der Waals surface area contributed by atoms with Crippen LogP contribution in [-0.4, -0.2) is 84.3 Å². The first-order chi connectivity index (χ1) is 20.5. The van der Waals surface area contributed by atoms with Crippen molar-refractivity contribution in [3.8, 4) is 6.07 Å². The second kappa shape index (κ2) is 12.9. The van der Waals surface area contributed by atoms with Crippen LogP contribution in [0.5, 0.6) is 0 Å². The van der Waals surface area contributed by atoms with E-state index < -0.39 is 11.7 Å². The van der Waals surface area contributed by atoms with Crippen molar-refractivity contribution in [3.05, 3.63) is 58.2 Å². The topological polar surface area (TPSA) is 107 Å². The van der Waals surface area contributed by atoms with E-state index in [1.807, 2.05) is 53.1 Å². The highest BCUT2D eigenvalue weighted by Gasteiger charge is 2.36. The van der Waals surface area contributed by atoms with Crippen molar-refractivity contribution in [1.29, 1.82) is 5.26 Å². The van der Waals surface area contributed by atoms with Gasteiger partial charge in [0.1, 0.15) is 11.4 Å². The molecule has 0 spiro atoms. The summed E-state index contributed by atoms with van der Waals surface area (Å²) in [6.45, 7) is 8.81. The summed E-state index contributed by atoms with van der Waals surface area (Å²) < 4.78 is 12.1. The Labute approximate surface area is 258 Å². The Bertz CT molecular complexity index is 1510. The second-order valence-electron chi connectivity index (χ2n) is 12.4. The number of hydrogen-bond acceptors (Lipinski definition) is 9. The summed E-state index contributed by atoms with van der Waals surface area (Å²) in [5, 5.41) is 15.8. The molecule has 5 rings (SSSR count). The highest BCUT2D eigenvalue weighted by atomic mass is 35.5. The number of benzene rings is 2. The van der Waals surface area contributed by atoms with Gasteiger partial charge in [0, 0.05) is 55.1 Å². The number of ether oxygens (including phenoxy) is 2. The van der Waals surface area contributed by atoms with Gasteiger partial charge in [-0.3, -0.25) is 0 Å². The van der Waals surface area contributed by atoms with Crippen LogP contribution in [0.4, 0.5) is 16.6 Å². The summed E-state index contributed by atoms with van der Waals surface area (Å²) in [6, 6.07) is 14.0. The molecule has 0 aliphatic carbocycles. The van der Waals surface area contributed by atoms with E-state index in [0.29, 0.717) is 50.2 Å². The number of halogens is 1. The molecule has 0 saturated carbocycles. The normalized spacial score (nSPS) is 18.8. The minimum atomic E-state index is -0.619. The Morgan fingerprint density at radius 1 is 1.21 bits per heavy atom. The Morgan fingerprint density at radius 3 is 2.70 bits per heavy atom. The molecule has 1 aromatic heterocycles. The lowest BCUT2D eigenvalue weighted by molar-refractivity contribution is 0.0141. The van der Waals surface area contributed by atoms with Crippen molar-refractivity contribution in [2.75, 3.05) is 57.0 Å². The van der Waals surface area contributed by atoms with E-state index in [1.54, 1.807) is 4.90 Å². The van der Waals surface area contributed by atoms with E-state index in [2.05, 4.69) is 39.4 Å². The average molecular weight is 606 g/mol. The van der Waals surface area contributed by atoms with Gasteiger partial charge in [0.2, 0.25) is 5.95 Å². The second-order valence-corrected chi connectivity index (χ2v) is 12.8. The Balaban J connectivity index is 1.46. The quantitative estimate of drug-likeness (QED) is 0.378. The molecule has 1 fully saturated rings. The van der Waals surface area contributed by atoms with Crippen molar-refractivity contribution in [2.24, 2.45) is 0 Å². The number of hydrogen-bond donors (Lipinski definition) is 1. The van der Waals surface area contributed by atoms with Crippen LogP contribution in [0.2, 0.25) is 5.02 Å². The smallest absolute Gasteiger partial charge is 0.410 e. The zero-order valence-corrected chi connectivity index (χ0v) is 26.3. The molecule has 1 saturated heterocycles. The Hall–Kier alpha value is -3.65. The highest BCUT2D eigenvalue weighted by molar-refractivity contribution is 6.35. The molecule has 0 unspecified atom stereocenters. The summed E-state index contributed by atoms with van der Waals surface area (Å²) in [5.74, 6) is 1.33. The van der Waals surface area contributed by atoms with Gasteiger partial charge in [-0.2, -0.15) is 10.2 Å². The van der Waals surface area contributed by atoms with Crippen LogP contribution >= 0.6 is 11.6 Å². The number of carbonyl (C=O) groups excluding carboxylic acids is 1. The molecule has 2 atom stereocenters. The van der Waals surface area contributed by atoms with Crippen LogP contribution in [0.15, 0.2) is 36.4 Å². The first kappa shape index (κ1) is 30.8. The van der Waals surface area contributed by atoms with Gasteiger partial charge in [-0.1, -0.05) is 41.9 Å². The number of nitrogens with one attached hydrogen (secondary N) is 1. The fraction of sp³-hybridized carbons (Fsp3) is 0.500. The average Bonchev–Trinajstić information content (AvgIpc) is 2.95. The minimum absolute atomic E-state index is 0.192. The third kappa shape index (κ3) is 7.12. The maximum atomic E-state index is 13.0. The van der Waals surface area contributed by atoms with E-state index in [1.165, 1.54) is 0 Å². The van der Waals surface area contributed by atoms with Crippen LogP contribution in [0.25, 0.3) is 10.8 Å². The molecular weight excluding hydrogens is 566 g/mol. The van der Waals surface area contributed by atoms with Crippen LogP contribution in [0.3, 0.4) is 0 Å². The fourth-order valence-electron chi connectivity index (χ4n) is 5.66. The number of nitrogens with zero attached hydrogens (tertiary/aromatic N) is 6. The summed E-state index contributed by atoms with van der Waals surface area (Å²) >= 11 is 6.66. The first-order valence-corrected chi connectivity index (χ1v) is 15.1. The van der Waals surface area contributed by atoms with Gasteiger partial charge in [-0.25, -0.2) is 9.78 Å². The Morgan fingerprint density at radius 2 is 1.98 bits per heavy atom. The first-order valence-electron chi connectivity index (χ1n) is 14.7.